The predicted octanol–water partition coefficient (Wildman–Crippen LogP) is 2.91. The second kappa shape index (κ2) is 4.11. The molecule has 0 aromatic rings. The van der Waals surface area contributed by atoms with Gasteiger partial charge in [-0.05, 0) is 34.5 Å². The van der Waals surface area contributed by atoms with E-state index in [0.29, 0.717) is 10.7 Å². The molecule has 0 spiro atoms. The van der Waals surface area contributed by atoms with Gasteiger partial charge in [-0.15, -0.1) is 0 Å². The van der Waals surface area contributed by atoms with Gasteiger partial charge < -0.3 is 5.32 Å². The van der Waals surface area contributed by atoms with Crippen LogP contribution in [0.4, 0.5) is 0 Å². The number of nitrogens with one attached hydrogen (secondary N) is 2. The van der Waals surface area contributed by atoms with Crippen LogP contribution in [0.5, 0.6) is 0 Å². The second-order valence-electron chi connectivity index (χ2n) is 2.71. The highest BCUT2D eigenvalue weighted by molar-refractivity contribution is 9.12. The van der Waals surface area contributed by atoms with Gasteiger partial charge in [0.15, 0.2) is 0 Å². The average Bonchev–Trinajstić information content (AvgIpc) is 2.09. The smallest absolute Gasteiger partial charge is 0.0671 e. The summed E-state index contributed by atoms with van der Waals surface area (Å²) in [6, 6.07) is 0. The van der Waals surface area contributed by atoms with Gasteiger partial charge in [0.1, 0.15) is 0 Å². The Balaban J connectivity index is 3.20. The van der Waals surface area contributed by atoms with Crippen molar-refractivity contribution in [2.45, 2.75) is 6.92 Å². The maximum Gasteiger partial charge on any atom is 0.0671 e. The molecule has 0 unspecified atom stereocenters. The van der Waals surface area contributed by atoms with Gasteiger partial charge in [0.05, 0.1) is 10.7 Å². The average molecular weight is 262 g/mol. The maximum atomic E-state index is 7.76. The van der Waals surface area contributed by atoms with Crippen LogP contribution in [0.1, 0.15) is 6.92 Å². The van der Waals surface area contributed by atoms with E-state index in [0.717, 1.165) is 15.6 Å². The van der Waals surface area contributed by atoms with Crippen LogP contribution < -0.4 is 5.32 Å². The molecule has 0 aliphatic heterocycles. The molecule has 0 amide bonds. The van der Waals surface area contributed by atoms with E-state index in [1.54, 1.807) is 13.2 Å². The predicted molar refractivity (Wildman–Crippen MR) is 60.4 cm³/mol. The Morgan fingerprint density at radius 3 is 2.77 bits per heavy atom. The number of rotatable bonds is 1. The van der Waals surface area contributed by atoms with Crippen LogP contribution in [0.3, 0.4) is 0 Å². The van der Waals surface area contributed by atoms with E-state index in [1.165, 1.54) is 0 Å². The Morgan fingerprint density at radius 1 is 1.62 bits per heavy atom. The van der Waals surface area contributed by atoms with Crippen LogP contribution in [0.15, 0.2) is 32.9 Å². The van der Waals surface area contributed by atoms with Crippen molar-refractivity contribution in [2.24, 2.45) is 0 Å². The van der Waals surface area contributed by atoms with Crippen molar-refractivity contribution >= 4 is 33.2 Å². The SMILES string of the molecule is CN/C=C1\C(=N)C(C)=CC(Br)=C1Cl. The molecular weight excluding hydrogens is 251 g/mol. The second-order valence-corrected chi connectivity index (χ2v) is 3.94. The molecule has 0 radical (unpaired) electrons. The summed E-state index contributed by atoms with van der Waals surface area (Å²) in [7, 11) is 1.78. The summed E-state index contributed by atoms with van der Waals surface area (Å²) in [5, 5.41) is 11.2. The summed E-state index contributed by atoms with van der Waals surface area (Å²) < 4.78 is 0.823. The molecule has 0 aromatic carbocycles. The molecule has 4 heteroatoms. The highest BCUT2D eigenvalue weighted by Gasteiger charge is 2.18. The molecule has 1 aliphatic rings. The number of hydrogen-bond donors (Lipinski definition) is 2. The fraction of sp³-hybridized carbons (Fsp3) is 0.222. The van der Waals surface area contributed by atoms with Gasteiger partial charge in [0.2, 0.25) is 0 Å². The van der Waals surface area contributed by atoms with E-state index in [-0.39, 0.29) is 0 Å². The largest absolute Gasteiger partial charge is 0.393 e. The van der Waals surface area contributed by atoms with Crippen molar-refractivity contribution in [3.05, 3.63) is 32.9 Å². The zero-order valence-electron chi connectivity index (χ0n) is 7.41. The quantitative estimate of drug-likeness (QED) is 0.748. The third-order valence-electron chi connectivity index (χ3n) is 1.74. The monoisotopic (exact) mass is 260 g/mol. The van der Waals surface area contributed by atoms with Gasteiger partial charge in [0, 0.05) is 23.3 Å². The van der Waals surface area contributed by atoms with Gasteiger partial charge in [-0.25, -0.2) is 0 Å². The van der Waals surface area contributed by atoms with Crippen LogP contribution in [0.2, 0.25) is 0 Å². The standard InChI is InChI=1S/C9H10BrClN2/c1-5-3-7(10)8(11)6(4-13-2)9(5)12/h3-4,12-13H,1-2H3/b6-4-,12-9?. The first kappa shape index (κ1) is 10.5. The summed E-state index contributed by atoms with van der Waals surface area (Å²) in [6.07, 6.45) is 3.57. The van der Waals surface area contributed by atoms with E-state index in [9.17, 15) is 0 Å². The highest BCUT2D eigenvalue weighted by Crippen LogP contribution is 2.31. The molecule has 0 saturated carbocycles. The van der Waals surface area contributed by atoms with Crippen LogP contribution in [-0.2, 0) is 0 Å². The van der Waals surface area contributed by atoms with Gasteiger partial charge >= 0.3 is 0 Å². The van der Waals surface area contributed by atoms with Gasteiger partial charge in [-0.2, -0.15) is 0 Å². The topological polar surface area (TPSA) is 35.9 Å². The number of halogens is 2. The molecule has 1 rings (SSSR count). The first-order valence-corrected chi connectivity index (χ1v) is 4.95. The molecule has 0 fully saturated rings. The highest BCUT2D eigenvalue weighted by atomic mass is 79.9. The molecule has 1 aliphatic carbocycles. The van der Waals surface area contributed by atoms with Crippen LogP contribution in [0, 0.1) is 5.41 Å². The zero-order valence-corrected chi connectivity index (χ0v) is 9.75. The summed E-state index contributed by atoms with van der Waals surface area (Å²) in [5.41, 5.74) is 2.08. The van der Waals surface area contributed by atoms with Crippen molar-refractivity contribution in [1.29, 1.82) is 5.41 Å². The van der Waals surface area contributed by atoms with Gasteiger partial charge in [-0.3, -0.25) is 5.41 Å². The minimum atomic E-state index is 0.461. The molecule has 2 nitrogen and oxygen atoms in total. The molecule has 13 heavy (non-hydrogen) atoms. The minimum absolute atomic E-state index is 0.461. The number of allylic oxidation sites excluding steroid dienone is 5. The van der Waals surface area contributed by atoms with E-state index in [2.05, 4.69) is 21.2 Å². The summed E-state index contributed by atoms with van der Waals surface area (Å²) >= 11 is 9.35. The zero-order chi connectivity index (χ0) is 10.0. The Bertz CT molecular complexity index is 340. The normalized spacial score (nSPS) is 20.8. The Kier molecular flexibility index (Phi) is 3.33. The lowest BCUT2D eigenvalue weighted by atomic mass is 9.99. The minimum Gasteiger partial charge on any atom is -0.393 e. The molecule has 0 atom stereocenters. The summed E-state index contributed by atoms with van der Waals surface area (Å²) in [5.74, 6) is 0. The Hall–Kier alpha value is -0.540. The Morgan fingerprint density at radius 2 is 2.23 bits per heavy atom. The van der Waals surface area contributed by atoms with Crippen molar-refractivity contribution in [3.8, 4) is 0 Å². The van der Waals surface area contributed by atoms with Gasteiger partial charge in [-0.1, -0.05) is 11.6 Å². The third-order valence-corrected chi connectivity index (χ3v) is 3.00. The van der Waals surface area contributed by atoms with E-state index in [1.807, 2.05) is 13.0 Å². The van der Waals surface area contributed by atoms with Crippen molar-refractivity contribution < 1.29 is 0 Å². The van der Waals surface area contributed by atoms with Gasteiger partial charge in [0.25, 0.3) is 0 Å². The summed E-state index contributed by atoms with van der Waals surface area (Å²) in [4.78, 5) is 0. The molecular formula is C9H10BrClN2. The first-order valence-electron chi connectivity index (χ1n) is 3.78. The van der Waals surface area contributed by atoms with E-state index in [4.69, 9.17) is 17.0 Å². The maximum absolute atomic E-state index is 7.76. The first-order chi connectivity index (χ1) is 6.07. The summed E-state index contributed by atoms with van der Waals surface area (Å²) in [6.45, 7) is 1.89. The molecule has 2 N–H and O–H groups in total. The molecule has 0 bridgehead atoms. The van der Waals surface area contributed by atoms with Crippen LogP contribution in [0.25, 0.3) is 0 Å². The van der Waals surface area contributed by atoms with Crippen LogP contribution >= 0.6 is 27.5 Å². The fourth-order valence-electron chi connectivity index (χ4n) is 1.06. The fourth-order valence-corrected chi connectivity index (χ4v) is 1.82. The molecule has 70 valence electrons. The van der Waals surface area contributed by atoms with E-state index < -0.39 is 0 Å². The lowest BCUT2D eigenvalue weighted by molar-refractivity contribution is 1.09. The van der Waals surface area contributed by atoms with Crippen LogP contribution in [-0.4, -0.2) is 12.8 Å². The molecule has 0 saturated heterocycles. The number of hydrogen-bond acceptors (Lipinski definition) is 2. The van der Waals surface area contributed by atoms with Crippen molar-refractivity contribution in [2.75, 3.05) is 7.05 Å². The van der Waals surface area contributed by atoms with Crippen molar-refractivity contribution in [3.63, 3.8) is 0 Å². The molecule has 0 aromatic heterocycles. The van der Waals surface area contributed by atoms with Crippen molar-refractivity contribution in [1.82, 2.24) is 5.32 Å². The van der Waals surface area contributed by atoms with E-state index >= 15 is 0 Å². The molecule has 0 heterocycles. The lowest BCUT2D eigenvalue weighted by Crippen LogP contribution is -2.11. The lowest BCUT2D eigenvalue weighted by Gasteiger charge is -2.15. The Labute approximate surface area is 91.0 Å². The third kappa shape index (κ3) is 2.03.